The third kappa shape index (κ3) is 1.24. The molecular formula is C9H9IO. The first-order valence-corrected chi connectivity index (χ1v) is 4.77. The Kier molecular flexibility index (Phi) is 1.79. The SMILES string of the molecule is Cc1cc(I)cc2c1CCO2. The standard InChI is InChI=1S/C9H9IO/c1-6-4-7(10)5-9-8(6)2-3-11-9/h4-5H,2-3H2,1H3. The van der Waals surface area contributed by atoms with Crippen LogP contribution in [0.15, 0.2) is 12.1 Å². The van der Waals surface area contributed by atoms with E-state index in [0.717, 1.165) is 18.8 Å². The summed E-state index contributed by atoms with van der Waals surface area (Å²) in [4.78, 5) is 0. The van der Waals surface area contributed by atoms with Crippen molar-refractivity contribution >= 4 is 22.6 Å². The van der Waals surface area contributed by atoms with Crippen LogP contribution < -0.4 is 4.74 Å². The van der Waals surface area contributed by atoms with Crippen molar-refractivity contribution in [3.8, 4) is 5.75 Å². The van der Waals surface area contributed by atoms with Crippen LogP contribution in [0.1, 0.15) is 11.1 Å². The molecule has 1 nitrogen and oxygen atoms in total. The lowest BCUT2D eigenvalue weighted by molar-refractivity contribution is 0.356. The van der Waals surface area contributed by atoms with Crippen molar-refractivity contribution in [2.24, 2.45) is 0 Å². The summed E-state index contributed by atoms with van der Waals surface area (Å²) in [6.45, 7) is 3.01. The van der Waals surface area contributed by atoms with E-state index in [1.54, 1.807) is 0 Å². The molecule has 0 amide bonds. The van der Waals surface area contributed by atoms with E-state index in [0.29, 0.717) is 0 Å². The Hall–Kier alpha value is -0.250. The molecule has 0 aromatic heterocycles. The molecule has 0 bridgehead atoms. The van der Waals surface area contributed by atoms with Crippen molar-refractivity contribution in [3.63, 3.8) is 0 Å². The highest BCUT2D eigenvalue weighted by Gasteiger charge is 2.14. The summed E-state index contributed by atoms with van der Waals surface area (Å²) in [6.07, 6.45) is 1.08. The first-order valence-electron chi connectivity index (χ1n) is 3.69. The van der Waals surface area contributed by atoms with Crippen LogP contribution in [0.5, 0.6) is 5.75 Å². The predicted molar refractivity (Wildman–Crippen MR) is 53.1 cm³/mol. The zero-order valence-electron chi connectivity index (χ0n) is 6.36. The predicted octanol–water partition coefficient (Wildman–Crippen LogP) is 2.53. The van der Waals surface area contributed by atoms with Gasteiger partial charge in [-0.1, -0.05) is 0 Å². The molecule has 0 radical (unpaired) electrons. The summed E-state index contributed by atoms with van der Waals surface area (Å²) in [5.41, 5.74) is 2.76. The number of rotatable bonds is 0. The van der Waals surface area contributed by atoms with Gasteiger partial charge in [0.05, 0.1) is 6.61 Å². The smallest absolute Gasteiger partial charge is 0.123 e. The number of ether oxygens (including phenoxy) is 1. The highest BCUT2D eigenvalue weighted by atomic mass is 127. The quantitative estimate of drug-likeness (QED) is 0.651. The number of aryl methyl sites for hydroxylation is 1. The van der Waals surface area contributed by atoms with Gasteiger partial charge in [-0.2, -0.15) is 0 Å². The molecule has 0 fully saturated rings. The summed E-state index contributed by atoms with van der Waals surface area (Å²) in [6, 6.07) is 4.31. The Morgan fingerprint density at radius 2 is 2.27 bits per heavy atom. The number of benzene rings is 1. The van der Waals surface area contributed by atoms with Gasteiger partial charge >= 0.3 is 0 Å². The molecule has 11 heavy (non-hydrogen) atoms. The molecule has 0 N–H and O–H groups in total. The second-order valence-corrected chi connectivity index (χ2v) is 4.04. The van der Waals surface area contributed by atoms with Gasteiger partial charge in [0.2, 0.25) is 0 Å². The molecule has 0 atom stereocenters. The van der Waals surface area contributed by atoms with E-state index < -0.39 is 0 Å². The second-order valence-electron chi connectivity index (χ2n) is 2.80. The lowest BCUT2D eigenvalue weighted by atomic mass is 10.1. The fraction of sp³-hybridized carbons (Fsp3) is 0.333. The van der Waals surface area contributed by atoms with Gasteiger partial charge in [0.15, 0.2) is 0 Å². The largest absolute Gasteiger partial charge is 0.493 e. The molecular weight excluding hydrogens is 251 g/mol. The van der Waals surface area contributed by atoms with Crippen LogP contribution in [0, 0.1) is 10.5 Å². The van der Waals surface area contributed by atoms with E-state index in [2.05, 4.69) is 41.6 Å². The Bertz CT molecular complexity index is 294. The summed E-state index contributed by atoms with van der Waals surface area (Å²) in [7, 11) is 0. The van der Waals surface area contributed by atoms with E-state index in [9.17, 15) is 0 Å². The zero-order chi connectivity index (χ0) is 7.84. The molecule has 0 unspecified atom stereocenters. The van der Waals surface area contributed by atoms with Gasteiger partial charge in [-0.25, -0.2) is 0 Å². The van der Waals surface area contributed by atoms with Crippen LogP contribution in [0.25, 0.3) is 0 Å². The van der Waals surface area contributed by atoms with Gasteiger partial charge in [0, 0.05) is 15.6 Å². The number of hydrogen-bond donors (Lipinski definition) is 0. The molecule has 0 saturated heterocycles. The molecule has 2 heteroatoms. The van der Waals surface area contributed by atoms with Crippen LogP contribution in [-0.4, -0.2) is 6.61 Å². The van der Waals surface area contributed by atoms with Gasteiger partial charge in [-0.3, -0.25) is 0 Å². The normalized spacial score (nSPS) is 14.4. The van der Waals surface area contributed by atoms with E-state index in [1.807, 2.05) is 0 Å². The average molecular weight is 260 g/mol. The highest BCUT2D eigenvalue weighted by Crippen LogP contribution is 2.29. The third-order valence-electron chi connectivity index (χ3n) is 2.01. The van der Waals surface area contributed by atoms with E-state index in [4.69, 9.17) is 4.74 Å². The van der Waals surface area contributed by atoms with E-state index >= 15 is 0 Å². The number of halogens is 1. The van der Waals surface area contributed by atoms with Gasteiger partial charge in [-0.05, 0) is 47.2 Å². The maximum absolute atomic E-state index is 5.46. The number of hydrogen-bond acceptors (Lipinski definition) is 1. The fourth-order valence-corrected chi connectivity index (χ4v) is 2.20. The minimum atomic E-state index is 0.857. The van der Waals surface area contributed by atoms with Crippen molar-refractivity contribution in [1.82, 2.24) is 0 Å². The van der Waals surface area contributed by atoms with Crippen molar-refractivity contribution in [2.45, 2.75) is 13.3 Å². The van der Waals surface area contributed by atoms with E-state index in [-0.39, 0.29) is 0 Å². The van der Waals surface area contributed by atoms with Gasteiger partial charge in [-0.15, -0.1) is 0 Å². The Morgan fingerprint density at radius 3 is 3.09 bits per heavy atom. The molecule has 1 aromatic carbocycles. The summed E-state index contributed by atoms with van der Waals surface area (Å²) >= 11 is 2.32. The van der Waals surface area contributed by atoms with Crippen LogP contribution in [0.2, 0.25) is 0 Å². The Labute approximate surface area is 79.9 Å². The molecule has 1 heterocycles. The summed E-state index contributed by atoms with van der Waals surface area (Å²) < 4.78 is 6.72. The number of fused-ring (bicyclic) bond motifs is 1. The van der Waals surface area contributed by atoms with Crippen LogP contribution in [0.4, 0.5) is 0 Å². The molecule has 0 spiro atoms. The topological polar surface area (TPSA) is 9.23 Å². The first-order chi connectivity index (χ1) is 5.27. The average Bonchev–Trinajstić information content (AvgIpc) is 2.34. The summed E-state index contributed by atoms with van der Waals surface area (Å²) in [5.74, 6) is 1.09. The molecule has 1 aliphatic rings. The minimum Gasteiger partial charge on any atom is -0.493 e. The first kappa shape index (κ1) is 7.40. The fourth-order valence-electron chi connectivity index (χ4n) is 1.45. The summed E-state index contributed by atoms with van der Waals surface area (Å²) in [5, 5.41) is 0. The van der Waals surface area contributed by atoms with Gasteiger partial charge in [0.25, 0.3) is 0 Å². The van der Waals surface area contributed by atoms with Crippen molar-refractivity contribution in [3.05, 3.63) is 26.8 Å². The third-order valence-corrected chi connectivity index (χ3v) is 2.63. The van der Waals surface area contributed by atoms with Crippen LogP contribution in [0.3, 0.4) is 0 Å². The van der Waals surface area contributed by atoms with Crippen molar-refractivity contribution in [1.29, 1.82) is 0 Å². The lowest BCUT2D eigenvalue weighted by Gasteiger charge is -2.02. The second kappa shape index (κ2) is 2.66. The molecule has 58 valence electrons. The Balaban J connectivity index is 2.60. The minimum absolute atomic E-state index is 0.857. The van der Waals surface area contributed by atoms with Gasteiger partial charge < -0.3 is 4.74 Å². The molecule has 0 aliphatic carbocycles. The zero-order valence-corrected chi connectivity index (χ0v) is 8.51. The monoisotopic (exact) mass is 260 g/mol. The molecule has 1 aromatic rings. The van der Waals surface area contributed by atoms with Crippen molar-refractivity contribution < 1.29 is 4.74 Å². The maximum Gasteiger partial charge on any atom is 0.123 e. The Morgan fingerprint density at radius 1 is 1.45 bits per heavy atom. The van der Waals surface area contributed by atoms with E-state index in [1.165, 1.54) is 14.7 Å². The van der Waals surface area contributed by atoms with Crippen molar-refractivity contribution in [2.75, 3.05) is 6.61 Å². The highest BCUT2D eigenvalue weighted by molar-refractivity contribution is 14.1. The molecule has 0 saturated carbocycles. The lowest BCUT2D eigenvalue weighted by Crippen LogP contribution is -1.86. The van der Waals surface area contributed by atoms with Crippen LogP contribution in [-0.2, 0) is 6.42 Å². The van der Waals surface area contributed by atoms with Gasteiger partial charge in [0.1, 0.15) is 5.75 Å². The van der Waals surface area contributed by atoms with Crippen LogP contribution >= 0.6 is 22.6 Å². The maximum atomic E-state index is 5.46. The molecule has 1 aliphatic heterocycles. The molecule has 2 rings (SSSR count).